The number of nitrogens with zero attached hydrogens (tertiary/aromatic N) is 2. The standard InChI is InChI=1S/C19H25NOS.C15H18N2O2.2C4H10/c1-5-7-11-22-19(15(3)4)17-9-10-18(13-20-14-21)16(12-17)8-6-2;1-11-6-7-16(8-11)14(18)10-17-9-12-4-2-3-5-13(12)15(17)19;1-4(2)3;1-3-4-2/h9-10,12,14H,5-6,8,13H2,1-4H3,(H,20,21);2-5,11H,6-10H2,1H3;4H,1-3H3;3-4H2,1-2H3. The summed E-state index contributed by atoms with van der Waals surface area (Å²) in [4.78, 5) is 39.6. The van der Waals surface area contributed by atoms with Crippen LogP contribution in [-0.2, 0) is 29.1 Å². The summed E-state index contributed by atoms with van der Waals surface area (Å²) >= 11 is 1.60. The molecule has 2 heterocycles. The van der Waals surface area contributed by atoms with E-state index in [1.54, 1.807) is 16.7 Å². The maximum absolute atomic E-state index is 12.2. The highest BCUT2D eigenvalue weighted by atomic mass is 32.2. The molecule has 1 unspecified atom stereocenters. The molecule has 2 aromatic rings. The minimum absolute atomic E-state index is 0.0174. The molecule has 7 heteroatoms. The van der Waals surface area contributed by atoms with Gasteiger partial charge in [-0.05, 0) is 83.9 Å². The Morgan fingerprint density at radius 2 is 1.69 bits per heavy atom. The topological polar surface area (TPSA) is 69.7 Å². The molecule has 2 aromatic carbocycles. The van der Waals surface area contributed by atoms with Gasteiger partial charge < -0.3 is 15.1 Å². The van der Waals surface area contributed by atoms with Crippen molar-refractivity contribution in [2.24, 2.45) is 11.8 Å². The van der Waals surface area contributed by atoms with E-state index in [-0.39, 0.29) is 18.4 Å². The molecule has 1 atom stereocenters. The van der Waals surface area contributed by atoms with Crippen molar-refractivity contribution in [2.45, 2.75) is 121 Å². The molecule has 0 aromatic heterocycles. The van der Waals surface area contributed by atoms with Gasteiger partial charge >= 0.3 is 0 Å². The second-order valence-corrected chi connectivity index (χ2v) is 14.4. The summed E-state index contributed by atoms with van der Waals surface area (Å²) in [6, 6.07) is 14.1. The highest BCUT2D eigenvalue weighted by Crippen LogP contribution is 2.32. The number of unbranched alkanes of at least 4 members (excludes halogenated alkanes) is 1. The lowest BCUT2D eigenvalue weighted by atomic mass is 9.99. The van der Waals surface area contributed by atoms with Crippen molar-refractivity contribution < 1.29 is 14.4 Å². The van der Waals surface area contributed by atoms with Crippen molar-refractivity contribution in [3.8, 4) is 11.2 Å². The Hall–Kier alpha value is -3.50. The molecule has 2 aliphatic heterocycles. The van der Waals surface area contributed by atoms with Crippen molar-refractivity contribution >= 4 is 34.9 Å². The number of nitrogens with one attached hydrogen (secondary N) is 1. The first-order valence-corrected chi connectivity index (χ1v) is 19.0. The van der Waals surface area contributed by atoms with E-state index in [0.29, 0.717) is 19.0 Å². The zero-order valence-electron chi connectivity index (χ0n) is 32.1. The van der Waals surface area contributed by atoms with Gasteiger partial charge in [-0.2, -0.15) is 0 Å². The zero-order chi connectivity index (χ0) is 36.8. The molecule has 0 saturated carbocycles. The van der Waals surface area contributed by atoms with Crippen LogP contribution >= 0.6 is 11.8 Å². The smallest absolute Gasteiger partial charge is 0.254 e. The first-order valence-electron chi connectivity index (χ1n) is 18.2. The van der Waals surface area contributed by atoms with Gasteiger partial charge in [-0.3, -0.25) is 14.4 Å². The second kappa shape index (κ2) is 24.6. The quantitative estimate of drug-likeness (QED) is 0.199. The number of thioether (sulfide) groups is 1. The van der Waals surface area contributed by atoms with E-state index < -0.39 is 0 Å². The number of rotatable bonds is 10. The fourth-order valence-corrected chi connectivity index (χ4v) is 5.84. The summed E-state index contributed by atoms with van der Waals surface area (Å²) in [6.07, 6.45) is 7.44. The predicted octanol–water partition coefficient (Wildman–Crippen LogP) is 9.72. The number of fused-ring (bicyclic) bond motifs is 1. The van der Waals surface area contributed by atoms with Crippen LogP contribution in [0.4, 0.5) is 0 Å². The van der Waals surface area contributed by atoms with Gasteiger partial charge in [-0.1, -0.05) is 123 Å². The van der Waals surface area contributed by atoms with Crippen LogP contribution in [0.2, 0.25) is 0 Å². The van der Waals surface area contributed by atoms with Crippen LogP contribution in [0, 0.1) is 23.0 Å². The lowest BCUT2D eigenvalue weighted by Crippen LogP contribution is -2.39. The highest BCUT2D eigenvalue weighted by molar-refractivity contribution is 8.12. The third-order valence-corrected chi connectivity index (χ3v) is 8.81. The number of hydrogen-bond acceptors (Lipinski definition) is 4. The number of hydrogen-bond donors (Lipinski definition) is 1. The molecule has 0 aliphatic carbocycles. The molecular weight excluding hydrogens is 627 g/mol. The lowest BCUT2D eigenvalue weighted by Gasteiger charge is -2.21. The number of likely N-dealkylation sites (tertiary alicyclic amines) is 1. The maximum atomic E-state index is 12.2. The normalized spacial score (nSPS) is 14.2. The van der Waals surface area contributed by atoms with Crippen LogP contribution in [0.5, 0.6) is 0 Å². The van der Waals surface area contributed by atoms with Gasteiger partial charge in [0, 0.05) is 43.1 Å². The zero-order valence-corrected chi connectivity index (χ0v) is 32.9. The Morgan fingerprint density at radius 1 is 1.02 bits per heavy atom. The van der Waals surface area contributed by atoms with Crippen LogP contribution < -0.4 is 5.32 Å². The Balaban J connectivity index is 0.000000404. The predicted molar refractivity (Wildman–Crippen MR) is 210 cm³/mol. The average Bonchev–Trinajstić information content (AvgIpc) is 3.65. The molecule has 2 aliphatic rings. The van der Waals surface area contributed by atoms with Gasteiger partial charge in [-0.15, -0.1) is 0 Å². The number of allylic oxidation sites excluding steroid dienone is 1. The van der Waals surface area contributed by atoms with Gasteiger partial charge in [0.1, 0.15) is 6.54 Å². The van der Waals surface area contributed by atoms with Crippen LogP contribution in [0.1, 0.15) is 134 Å². The summed E-state index contributed by atoms with van der Waals surface area (Å²) in [6.45, 7) is 24.5. The van der Waals surface area contributed by atoms with Crippen LogP contribution in [0.3, 0.4) is 0 Å². The monoisotopic (exact) mass is 689 g/mol. The van der Waals surface area contributed by atoms with Crippen molar-refractivity contribution in [3.63, 3.8) is 0 Å². The molecule has 0 spiro atoms. The molecule has 0 bridgehead atoms. The summed E-state index contributed by atoms with van der Waals surface area (Å²) in [7, 11) is 0. The van der Waals surface area contributed by atoms with Gasteiger partial charge in [-0.25, -0.2) is 0 Å². The van der Waals surface area contributed by atoms with E-state index in [2.05, 4.69) is 104 Å². The number of benzene rings is 2. The first-order chi connectivity index (χ1) is 23.4. The third-order valence-electron chi connectivity index (χ3n) is 7.72. The van der Waals surface area contributed by atoms with Crippen LogP contribution in [-0.4, -0.2) is 47.7 Å². The van der Waals surface area contributed by atoms with Crippen molar-refractivity contribution in [3.05, 3.63) is 75.9 Å². The van der Waals surface area contributed by atoms with Crippen LogP contribution in [0.15, 0.2) is 48.0 Å². The molecule has 1 fully saturated rings. The number of amides is 3. The molecule has 3 amide bonds. The lowest BCUT2D eigenvalue weighted by molar-refractivity contribution is -0.131. The van der Waals surface area contributed by atoms with E-state index in [0.717, 1.165) is 62.2 Å². The summed E-state index contributed by atoms with van der Waals surface area (Å²) < 4.78 is 0. The molecule has 1 saturated heterocycles. The van der Waals surface area contributed by atoms with Gasteiger partial charge in [0.2, 0.25) is 12.3 Å². The summed E-state index contributed by atoms with van der Waals surface area (Å²) in [5.41, 5.74) is 6.75. The van der Waals surface area contributed by atoms with Gasteiger partial charge in [0.15, 0.2) is 0 Å². The van der Waals surface area contributed by atoms with Gasteiger partial charge in [0.05, 0.1) is 0 Å². The van der Waals surface area contributed by atoms with Crippen molar-refractivity contribution in [2.75, 3.05) is 19.6 Å². The Bertz CT molecular complexity index is 1400. The first kappa shape index (κ1) is 43.5. The second-order valence-electron chi connectivity index (χ2n) is 13.6. The van der Waals surface area contributed by atoms with E-state index in [4.69, 9.17) is 0 Å². The minimum Gasteiger partial charge on any atom is -0.355 e. The third kappa shape index (κ3) is 16.2. The van der Waals surface area contributed by atoms with E-state index in [9.17, 15) is 14.4 Å². The highest BCUT2D eigenvalue weighted by Gasteiger charge is 2.31. The summed E-state index contributed by atoms with van der Waals surface area (Å²) in [5, 5.41) is 5.92. The number of carbonyl (C=O) groups is 3. The Morgan fingerprint density at radius 3 is 2.22 bits per heavy atom. The van der Waals surface area contributed by atoms with E-state index in [1.165, 1.54) is 40.0 Å². The minimum atomic E-state index is -0.0174. The van der Waals surface area contributed by atoms with Crippen molar-refractivity contribution in [1.29, 1.82) is 0 Å². The van der Waals surface area contributed by atoms with Gasteiger partial charge in [0.25, 0.3) is 5.91 Å². The molecule has 6 nitrogen and oxygen atoms in total. The molecule has 0 radical (unpaired) electrons. The van der Waals surface area contributed by atoms with E-state index in [1.807, 2.05) is 29.2 Å². The number of carbonyl (C=O) groups excluding carboxylic acids is 3. The molecular formula is C42H63N3O3S. The summed E-state index contributed by atoms with van der Waals surface area (Å²) in [5.74, 6) is 4.58. The van der Waals surface area contributed by atoms with E-state index >= 15 is 0 Å². The van der Waals surface area contributed by atoms with Crippen molar-refractivity contribution in [1.82, 2.24) is 15.1 Å². The molecule has 1 N–H and O–H groups in total. The van der Waals surface area contributed by atoms with Crippen LogP contribution in [0.25, 0.3) is 4.91 Å². The Kier molecular flexibility index (Phi) is 21.9. The SMILES string of the molecule is CC(C)C.CC1CCN(C(=O)CN2Cc3ccccc3C2=O)C1.CCC#CSC(=C(C)C)c1ccc(CNC=O)c(CCC)c1.CCCC. The fourth-order valence-electron chi connectivity index (χ4n) is 5.07. The fraction of sp³-hybridized carbons (Fsp3) is 0.548. The molecule has 270 valence electrons. The molecule has 4 rings (SSSR count). The largest absolute Gasteiger partial charge is 0.355 e. The molecule has 49 heavy (non-hydrogen) atoms. The average molecular weight is 690 g/mol. The number of aryl methyl sites for hydroxylation is 1. The Labute approximate surface area is 302 Å². The maximum Gasteiger partial charge on any atom is 0.254 e.